The molecule has 1 atom stereocenters. The van der Waals surface area contributed by atoms with Gasteiger partial charge in [0.15, 0.2) is 5.69 Å². The number of amides is 1. The molecule has 3 rings (SSSR count). The lowest BCUT2D eigenvalue weighted by Gasteiger charge is -2.23. The Balaban J connectivity index is 1.94. The quantitative estimate of drug-likeness (QED) is 0.740. The van der Waals surface area contributed by atoms with Gasteiger partial charge in [-0.1, -0.05) is 44.2 Å². The van der Waals surface area contributed by atoms with Gasteiger partial charge >= 0.3 is 0 Å². The summed E-state index contributed by atoms with van der Waals surface area (Å²) < 4.78 is 5.19. The second-order valence-electron chi connectivity index (χ2n) is 6.42. The van der Waals surface area contributed by atoms with Gasteiger partial charge in [0, 0.05) is 5.39 Å². The van der Waals surface area contributed by atoms with Gasteiger partial charge in [0.2, 0.25) is 0 Å². The van der Waals surface area contributed by atoms with E-state index in [0.717, 1.165) is 11.3 Å². The zero-order chi connectivity index (χ0) is 18.7. The molecule has 134 valence electrons. The maximum atomic E-state index is 12.9. The predicted molar refractivity (Wildman–Crippen MR) is 100 cm³/mol. The normalized spacial score (nSPS) is 12.2. The Labute approximate surface area is 151 Å². The Hall–Kier alpha value is -3.15. The molecule has 2 aromatic carbocycles. The number of methoxy groups -OCH3 is 1. The van der Waals surface area contributed by atoms with Crippen molar-refractivity contribution < 1.29 is 9.53 Å². The molecule has 0 aliphatic carbocycles. The van der Waals surface area contributed by atoms with Crippen LogP contribution in [0, 0.1) is 5.92 Å². The molecule has 1 amide bonds. The zero-order valence-electron chi connectivity index (χ0n) is 14.9. The number of carbonyl (C=O) groups is 1. The highest BCUT2D eigenvalue weighted by Crippen LogP contribution is 2.24. The Kier molecular flexibility index (Phi) is 5.02. The van der Waals surface area contributed by atoms with Crippen LogP contribution in [-0.2, 0) is 0 Å². The molecule has 1 aromatic heterocycles. The summed E-state index contributed by atoms with van der Waals surface area (Å²) in [5, 5.41) is 10.4. The molecular weight excluding hydrogens is 330 g/mol. The number of benzene rings is 2. The summed E-state index contributed by atoms with van der Waals surface area (Å²) in [4.78, 5) is 24.8. The number of H-pyrrole nitrogens is 1. The predicted octanol–water partition coefficient (Wildman–Crippen LogP) is 3.06. The number of rotatable bonds is 5. The topological polar surface area (TPSA) is 84.1 Å². The van der Waals surface area contributed by atoms with Crippen molar-refractivity contribution in [1.29, 1.82) is 0 Å². The fraction of sp³-hybridized carbons (Fsp3) is 0.250. The molecule has 0 radical (unpaired) electrons. The van der Waals surface area contributed by atoms with Crippen LogP contribution in [0.2, 0.25) is 0 Å². The fourth-order valence-corrected chi connectivity index (χ4v) is 2.94. The summed E-state index contributed by atoms with van der Waals surface area (Å²) in [5.41, 5.74) is 0.870. The van der Waals surface area contributed by atoms with Crippen LogP contribution >= 0.6 is 0 Å². The van der Waals surface area contributed by atoms with Crippen molar-refractivity contribution in [3.63, 3.8) is 0 Å². The van der Waals surface area contributed by atoms with E-state index in [0.29, 0.717) is 10.8 Å². The van der Waals surface area contributed by atoms with Crippen molar-refractivity contribution in [2.45, 2.75) is 19.9 Å². The molecule has 0 fully saturated rings. The third-order valence-corrected chi connectivity index (χ3v) is 4.34. The molecule has 0 saturated carbocycles. The van der Waals surface area contributed by atoms with Gasteiger partial charge in [-0.2, -0.15) is 5.10 Å². The van der Waals surface area contributed by atoms with Gasteiger partial charge in [0.25, 0.3) is 11.5 Å². The van der Waals surface area contributed by atoms with E-state index in [1.165, 1.54) is 0 Å². The van der Waals surface area contributed by atoms with Crippen molar-refractivity contribution >= 4 is 16.7 Å². The van der Waals surface area contributed by atoms with Gasteiger partial charge < -0.3 is 10.1 Å². The zero-order valence-corrected chi connectivity index (χ0v) is 14.9. The number of hydrogen-bond donors (Lipinski definition) is 2. The fourth-order valence-electron chi connectivity index (χ4n) is 2.94. The highest BCUT2D eigenvalue weighted by atomic mass is 16.5. The van der Waals surface area contributed by atoms with E-state index in [4.69, 9.17) is 4.74 Å². The standard InChI is InChI=1S/C20H21N3O3/c1-12(2)17(13-8-10-14(26-3)11-9-13)21-20(25)18-15-6-4-5-7-16(15)19(24)23-22-18/h4-12,17H,1-3H3,(H,21,25)(H,23,24). The minimum absolute atomic E-state index is 0.168. The molecular formula is C20H21N3O3. The first kappa shape index (κ1) is 17.7. The Morgan fingerprint density at radius 1 is 1.08 bits per heavy atom. The highest BCUT2D eigenvalue weighted by Gasteiger charge is 2.22. The van der Waals surface area contributed by atoms with E-state index in [9.17, 15) is 9.59 Å². The van der Waals surface area contributed by atoms with E-state index in [-0.39, 0.29) is 29.1 Å². The minimum Gasteiger partial charge on any atom is -0.497 e. The van der Waals surface area contributed by atoms with Crippen LogP contribution in [0.5, 0.6) is 5.75 Å². The van der Waals surface area contributed by atoms with Crippen molar-refractivity contribution in [1.82, 2.24) is 15.5 Å². The molecule has 0 saturated heterocycles. The summed E-state index contributed by atoms with van der Waals surface area (Å²) >= 11 is 0. The molecule has 0 spiro atoms. The molecule has 2 N–H and O–H groups in total. The van der Waals surface area contributed by atoms with Crippen molar-refractivity contribution in [2.24, 2.45) is 5.92 Å². The van der Waals surface area contributed by atoms with E-state index in [2.05, 4.69) is 15.5 Å². The van der Waals surface area contributed by atoms with E-state index in [1.54, 1.807) is 31.4 Å². The number of nitrogens with zero attached hydrogens (tertiary/aromatic N) is 1. The van der Waals surface area contributed by atoms with Gasteiger partial charge in [-0.25, -0.2) is 5.10 Å². The first-order chi connectivity index (χ1) is 12.5. The van der Waals surface area contributed by atoms with E-state index >= 15 is 0 Å². The molecule has 0 aliphatic rings. The number of nitrogens with one attached hydrogen (secondary N) is 2. The molecule has 26 heavy (non-hydrogen) atoms. The van der Waals surface area contributed by atoms with Gasteiger partial charge in [0.05, 0.1) is 18.5 Å². The SMILES string of the molecule is COc1ccc(C(NC(=O)c2n[nH]c(=O)c3ccccc23)C(C)C)cc1. The Morgan fingerprint density at radius 3 is 2.35 bits per heavy atom. The molecule has 1 unspecified atom stereocenters. The average Bonchev–Trinajstić information content (AvgIpc) is 2.66. The van der Waals surface area contributed by atoms with Gasteiger partial charge in [0.1, 0.15) is 5.75 Å². The lowest BCUT2D eigenvalue weighted by Crippen LogP contribution is -2.33. The van der Waals surface area contributed by atoms with Crippen molar-refractivity contribution in [3.8, 4) is 5.75 Å². The Morgan fingerprint density at radius 2 is 1.73 bits per heavy atom. The summed E-state index contributed by atoms with van der Waals surface area (Å²) in [6, 6.07) is 14.3. The van der Waals surface area contributed by atoms with Crippen LogP contribution in [0.1, 0.15) is 35.9 Å². The number of carbonyl (C=O) groups excluding carboxylic acids is 1. The molecule has 0 bridgehead atoms. The summed E-state index contributed by atoms with van der Waals surface area (Å²) in [5.74, 6) is 0.601. The molecule has 3 aromatic rings. The van der Waals surface area contributed by atoms with Crippen LogP contribution in [-0.4, -0.2) is 23.2 Å². The van der Waals surface area contributed by atoms with Gasteiger partial charge in [-0.15, -0.1) is 0 Å². The van der Waals surface area contributed by atoms with Crippen LogP contribution < -0.4 is 15.6 Å². The number of aromatic amines is 1. The van der Waals surface area contributed by atoms with Crippen molar-refractivity contribution in [2.75, 3.05) is 7.11 Å². The van der Waals surface area contributed by atoms with Gasteiger partial charge in [-0.05, 0) is 29.7 Å². The van der Waals surface area contributed by atoms with Crippen LogP contribution in [0.25, 0.3) is 10.8 Å². The number of aromatic nitrogens is 2. The highest BCUT2D eigenvalue weighted by molar-refractivity contribution is 6.04. The van der Waals surface area contributed by atoms with E-state index in [1.807, 2.05) is 38.1 Å². The molecule has 6 heteroatoms. The summed E-state index contributed by atoms with van der Waals surface area (Å²) in [6.07, 6.45) is 0. The first-order valence-corrected chi connectivity index (χ1v) is 8.43. The second-order valence-corrected chi connectivity index (χ2v) is 6.42. The third kappa shape index (κ3) is 3.44. The van der Waals surface area contributed by atoms with Crippen LogP contribution in [0.3, 0.4) is 0 Å². The number of fused-ring (bicyclic) bond motifs is 1. The monoisotopic (exact) mass is 351 g/mol. The second kappa shape index (κ2) is 7.39. The van der Waals surface area contributed by atoms with Gasteiger partial charge in [-0.3, -0.25) is 9.59 Å². The lowest BCUT2D eigenvalue weighted by molar-refractivity contribution is 0.0921. The lowest BCUT2D eigenvalue weighted by atomic mass is 9.95. The molecule has 1 heterocycles. The van der Waals surface area contributed by atoms with E-state index < -0.39 is 0 Å². The van der Waals surface area contributed by atoms with Crippen LogP contribution in [0.4, 0.5) is 0 Å². The Bertz CT molecular complexity index is 978. The molecule has 6 nitrogen and oxygen atoms in total. The maximum absolute atomic E-state index is 12.9. The summed E-state index contributed by atoms with van der Waals surface area (Å²) in [6.45, 7) is 4.07. The van der Waals surface area contributed by atoms with Crippen molar-refractivity contribution in [3.05, 3.63) is 70.1 Å². The van der Waals surface area contributed by atoms with Crippen LogP contribution in [0.15, 0.2) is 53.3 Å². The minimum atomic E-state index is -0.327. The third-order valence-electron chi connectivity index (χ3n) is 4.34. The summed E-state index contributed by atoms with van der Waals surface area (Å²) in [7, 11) is 1.61. The first-order valence-electron chi connectivity index (χ1n) is 8.43. The average molecular weight is 351 g/mol. The molecule has 0 aliphatic heterocycles. The smallest absolute Gasteiger partial charge is 0.272 e. The largest absolute Gasteiger partial charge is 0.497 e. The number of hydrogen-bond acceptors (Lipinski definition) is 4. The maximum Gasteiger partial charge on any atom is 0.272 e. The number of ether oxygens (including phenoxy) is 1.